The normalized spacial score (nSPS) is 18.5. The predicted molar refractivity (Wildman–Crippen MR) is 151 cm³/mol. The van der Waals surface area contributed by atoms with E-state index in [1.807, 2.05) is 72.5 Å². The number of amides is 3. The molecule has 3 amide bonds. The Morgan fingerprint density at radius 3 is 2.62 bits per heavy atom. The van der Waals surface area contributed by atoms with Gasteiger partial charge in [0.1, 0.15) is 5.82 Å². The number of allylic oxidation sites excluding steroid dienone is 2. The monoisotopic (exact) mass is 531 g/mol. The van der Waals surface area contributed by atoms with E-state index in [1.54, 1.807) is 30.0 Å². The molecule has 3 aromatic carbocycles. The van der Waals surface area contributed by atoms with Crippen LogP contribution >= 0.6 is 23.5 Å². The molecule has 188 valence electrons. The lowest BCUT2D eigenvalue weighted by Crippen LogP contribution is -2.49. The zero-order valence-corrected chi connectivity index (χ0v) is 21.8. The molecule has 0 aromatic heterocycles. The highest BCUT2D eigenvalue weighted by atomic mass is 32.2. The van der Waals surface area contributed by atoms with Crippen LogP contribution in [0.4, 0.5) is 26.2 Å². The van der Waals surface area contributed by atoms with Gasteiger partial charge in [-0.15, -0.1) is 23.5 Å². The molecule has 1 aliphatic heterocycles. The Labute approximate surface area is 224 Å². The number of nitrogens with one attached hydrogen (secondary N) is 2. The molecule has 0 bridgehead atoms. The van der Waals surface area contributed by atoms with E-state index in [2.05, 4.69) is 22.8 Å². The molecule has 1 heterocycles. The van der Waals surface area contributed by atoms with Gasteiger partial charge in [-0.25, -0.2) is 9.18 Å². The molecule has 8 heteroatoms. The Balaban J connectivity index is 1.31. The van der Waals surface area contributed by atoms with Gasteiger partial charge >= 0.3 is 6.03 Å². The molecule has 5 nitrogen and oxygen atoms in total. The number of carbonyl (C=O) groups excluding carboxylic acids is 2. The second-order valence-electron chi connectivity index (χ2n) is 8.62. The minimum Gasteiger partial charge on any atom is -0.323 e. The molecule has 0 fully saturated rings. The minimum absolute atomic E-state index is 0.0889. The summed E-state index contributed by atoms with van der Waals surface area (Å²) in [6, 6.07) is 21.2. The first-order chi connectivity index (χ1) is 18.0. The van der Waals surface area contributed by atoms with Crippen LogP contribution in [0, 0.1) is 5.82 Å². The number of fused-ring (bicyclic) bond motifs is 2. The van der Waals surface area contributed by atoms with Crippen molar-refractivity contribution in [2.24, 2.45) is 0 Å². The maximum absolute atomic E-state index is 14.0. The standard InChI is InChI=1S/C29H26FN3O2S2/c1-2-25(28(34)32-22-13-4-3-12-21(22)30)36-20-11-9-10-19(18-20)31-29(35)33-23-14-5-7-16-26(23)37-27-17-8-6-15-24(27)33/h3-18,23,25-26H,2H2,1H3,(H,31,35)(H,32,34). The topological polar surface area (TPSA) is 61.4 Å². The molecule has 1 aliphatic carbocycles. The summed E-state index contributed by atoms with van der Waals surface area (Å²) in [7, 11) is 0. The number of thioether (sulfide) groups is 2. The van der Waals surface area contributed by atoms with Crippen molar-refractivity contribution < 1.29 is 14.0 Å². The van der Waals surface area contributed by atoms with Gasteiger partial charge in [-0.05, 0) is 48.9 Å². The Morgan fingerprint density at radius 2 is 1.78 bits per heavy atom. The first kappa shape index (κ1) is 25.2. The molecule has 0 spiro atoms. The number of benzene rings is 3. The molecule has 2 N–H and O–H groups in total. The van der Waals surface area contributed by atoms with E-state index < -0.39 is 11.1 Å². The van der Waals surface area contributed by atoms with Gasteiger partial charge in [0.05, 0.1) is 27.9 Å². The number of urea groups is 1. The summed E-state index contributed by atoms with van der Waals surface area (Å²) in [5, 5.41) is 5.46. The molecule has 5 rings (SSSR count). The van der Waals surface area contributed by atoms with Gasteiger partial charge in [0.25, 0.3) is 0 Å². The van der Waals surface area contributed by atoms with Crippen LogP contribution in [0.25, 0.3) is 0 Å². The van der Waals surface area contributed by atoms with E-state index in [1.165, 1.54) is 17.8 Å². The molecule has 37 heavy (non-hydrogen) atoms. The third-order valence-electron chi connectivity index (χ3n) is 6.12. The van der Waals surface area contributed by atoms with Gasteiger partial charge in [0.15, 0.2) is 0 Å². The number of anilines is 3. The van der Waals surface area contributed by atoms with Gasteiger partial charge < -0.3 is 10.6 Å². The number of rotatable bonds is 6. The van der Waals surface area contributed by atoms with Crippen LogP contribution in [0.15, 0.2) is 107 Å². The SMILES string of the molecule is CCC(Sc1cccc(NC(=O)N2c3ccccc3SC3C=CC=CC32)c1)C(=O)Nc1ccccc1F. The summed E-state index contributed by atoms with van der Waals surface area (Å²) in [6.07, 6.45) is 8.74. The van der Waals surface area contributed by atoms with Crippen LogP contribution in [0.1, 0.15) is 13.3 Å². The molecule has 2 aliphatic rings. The van der Waals surface area contributed by atoms with E-state index in [-0.39, 0.29) is 28.9 Å². The van der Waals surface area contributed by atoms with Crippen molar-refractivity contribution in [3.05, 3.63) is 103 Å². The van der Waals surface area contributed by atoms with Crippen molar-refractivity contribution in [2.75, 3.05) is 15.5 Å². The van der Waals surface area contributed by atoms with Crippen molar-refractivity contribution in [2.45, 2.75) is 39.7 Å². The molecular formula is C29H26FN3O2S2. The van der Waals surface area contributed by atoms with Gasteiger partial charge in [-0.1, -0.05) is 61.6 Å². The summed E-state index contributed by atoms with van der Waals surface area (Å²) in [5.41, 5.74) is 1.69. The zero-order chi connectivity index (χ0) is 25.8. The molecule has 0 saturated carbocycles. The van der Waals surface area contributed by atoms with Crippen molar-refractivity contribution >= 4 is 52.5 Å². The lowest BCUT2D eigenvalue weighted by molar-refractivity contribution is -0.115. The van der Waals surface area contributed by atoms with Crippen molar-refractivity contribution in [3.8, 4) is 0 Å². The Bertz CT molecular complexity index is 1380. The van der Waals surface area contributed by atoms with E-state index >= 15 is 0 Å². The lowest BCUT2D eigenvalue weighted by atomic mass is 10.1. The summed E-state index contributed by atoms with van der Waals surface area (Å²) in [4.78, 5) is 30.1. The average Bonchev–Trinajstić information content (AvgIpc) is 2.91. The number of hydrogen-bond donors (Lipinski definition) is 2. The molecule has 3 aromatic rings. The Hall–Kier alpha value is -3.49. The van der Waals surface area contributed by atoms with Crippen molar-refractivity contribution in [1.29, 1.82) is 0 Å². The highest BCUT2D eigenvalue weighted by Gasteiger charge is 2.36. The number of para-hydroxylation sites is 2. The highest BCUT2D eigenvalue weighted by Crippen LogP contribution is 2.43. The van der Waals surface area contributed by atoms with E-state index in [0.29, 0.717) is 12.1 Å². The second kappa shape index (κ2) is 11.3. The number of halogens is 1. The second-order valence-corrected chi connectivity index (χ2v) is 11.1. The number of nitrogens with zero attached hydrogens (tertiary/aromatic N) is 1. The number of carbonyl (C=O) groups is 2. The summed E-state index contributed by atoms with van der Waals surface area (Å²) >= 11 is 3.14. The van der Waals surface area contributed by atoms with Crippen molar-refractivity contribution in [3.63, 3.8) is 0 Å². The maximum Gasteiger partial charge on any atom is 0.326 e. The zero-order valence-electron chi connectivity index (χ0n) is 20.1. The molecule has 3 atom stereocenters. The van der Waals surface area contributed by atoms with Crippen LogP contribution in [-0.4, -0.2) is 28.5 Å². The summed E-state index contributed by atoms with van der Waals surface area (Å²) in [6.45, 7) is 1.92. The first-order valence-electron chi connectivity index (χ1n) is 12.1. The van der Waals surface area contributed by atoms with Gasteiger partial charge in [0, 0.05) is 15.5 Å². The van der Waals surface area contributed by atoms with Crippen LogP contribution in [-0.2, 0) is 4.79 Å². The summed E-state index contributed by atoms with van der Waals surface area (Å²) in [5.74, 6) is -0.735. The van der Waals surface area contributed by atoms with Crippen LogP contribution < -0.4 is 15.5 Å². The average molecular weight is 532 g/mol. The quantitative estimate of drug-likeness (QED) is 0.327. The van der Waals surface area contributed by atoms with Gasteiger partial charge in [0.2, 0.25) is 5.91 Å². The van der Waals surface area contributed by atoms with E-state index in [0.717, 1.165) is 15.5 Å². The predicted octanol–water partition coefficient (Wildman–Crippen LogP) is 7.34. The highest BCUT2D eigenvalue weighted by molar-refractivity contribution is 8.00. The van der Waals surface area contributed by atoms with Gasteiger partial charge in [-0.2, -0.15) is 0 Å². The molecule has 0 saturated heterocycles. The molecule has 3 unspecified atom stereocenters. The van der Waals surface area contributed by atoms with Crippen molar-refractivity contribution in [1.82, 2.24) is 0 Å². The van der Waals surface area contributed by atoms with E-state index in [4.69, 9.17) is 0 Å². The van der Waals surface area contributed by atoms with Crippen LogP contribution in [0.5, 0.6) is 0 Å². The summed E-state index contributed by atoms with van der Waals surface area (Å²) < 4.78 is 14.0. The fourth-order valence-electron chi connectivity index (χ4n) is 4.32. The fourth-order valence-corrected chi connectivity index (χ4v) is 6.59. The first-order valence-corrected chi connectivity index (χ1v) is 13.8. The number of hydrogen-bond acceptors (Lipinski definition) is 4. The Morgan fingerprint density at radius 1 is 1.00 bits per heavy atom. The fraction of sp³-hybridized carbons (Fsp3) is 0.172. The molecule has 0 radical (unpaired) electrons. The smallest absolute Gasteiger partial charge is 0.323 e. The van der Waals surface area contributed by atoms with Gasteiger partial charge in [-0.3, -0.25) is 9.69 Å². The van der Waals surface area contributed by atoms with Crippen LogP contribution in [0.2, 0.25) is 0 Å². The lowest BCUT2D eigenvalue weighted by Gasteiger charge is -2.40. The maximum atomic E-state index is 14.0. The minimum atomic E-state index is -0.469. The Kier molecular flexibility index (Phi) is 7.67. The third kappa shape index (κ3) is 5.60. The molecular weight excluding hydrogens is 505 g/mol. The third-order valence-corrected chi connectivity index (χ3v) is 8.79. The van der Waals surface area contributed by atoms with E-state index in [9.17, 15) is 14.0 Å². The van der Waals surface area contributed by atoms with Crippen LogP contribution in [0.3, 0.4) is 0 Å². The largest absolute Gasteiger partial charge is 0.326 e.